The number of hydrogen-bond donors (Lipinski definition) is 1. The molecule has 1 unspecified atom stereocenters. The summed E-state index contributed by atoms with van der Waals surface area (Å²) in [6.07, 6.45) is 10.5. The van der Waals surface area contributed by atoms with E-state index in [0.29, 0.717) is 11.9 Å². The van der Waals surface area contributed by atoms with Crippen molar-refractivity contribution in [1.82, 2.24) is 10.2 Å². The van der Waals surface area contributed by atoms with Gasteiger partial charge in [0.25, 0.3) is 0 Å². The molecule has 0 spiro atoms. The van der Waals surface area contributed by atoms with Crippen molar-refractivity contribution in [3.05, 3.63) is 0 Å². The Kier molecular flexibility index (Phi) is 5.48. The van der Waals surface area contributed by atoms with Crippen LogP contribution in [0.25, 0.3) is 0 Å². The summed E-state index contributed by atoms with van der Waals surface area (Å²) >= 11 is 0. The molecule has 1 saturated carbocycles. The quantitative estimate of drug-likeness (QED) is 0.837. The van der Waals surface area contributed by atoms with E-state index >= 15 is 0 Å². The summed E-state index contributed by atoms with van der Waals surface area (Å²) in [6, 6.07) is 0.474. The number of nitrogens with one attached hydrogen (secondary N) is 1. The minimum atomic E-state index is -0.245. The fraction of sp³-hybridized carbons (Fsp3) is 0.941. The Labute approximate surface area is 124 Å². The van der Waals surface area contributed by atoms with Gasteiger partial charge in [-0.3, -0.25) is 4.79 Å². The molecular weight excluding hydrogens is 248 g/mol. The Hall–Kier alpha value is -0.570. The highest BCUT2D eigenvalue weighted by Crippen LogP contribution is 2.32. The number of nitrogens with zero attached hydrogens (tertiary/aromatic N) is 1. The second kappa shape index (κ2) is 6.93. The molecule has 0 radical (unpaired) electrons. The topological polar surface area (TPSA) is 32.3 Å². The molecular formula is C17H32N2O. The fourth-order valence-electron chi connectivity index (χ4n) is 4.18. The third kappa shape index (κ3) is 3.19. The van der Waals surface area contributed by atoms with E-state index in [0.717, 1.165) is 38.1 Å². The Morgan fingerprint density at radius 2 is 1.95 bits per heavy atom. The monoisotopic (exact) mass is 280 g/mol. The predicted molar refractivity (Wildman–Crippen MR) is 83.7 cm³/mol. The van der Waals surface area contributed by atoms with Crippen molar-refractivity contribution in [2.24, 2.45) is 5.92 Å². The molecule has 1 heterocycles. The van der Waals surface area contributed by atoms with Crippen molar-refractivity contribution in [3.8, 4) is 0 Å². The van der Waals surface area contributed by atoms with Gasteiger partial charge in [-0.05, 0) is 57.4 Å². The van der Waals surface area contributed by atoms with Crippen molar-refractivity contribution in [3.63, 3.8) is 0 Å². The van der Waals surface area contributed by atoms with E-state index in [9.17, 15) is 4.79 Å². The lowest BCUT2D eigenvalue weighted by Crippen LogP contribution is -2.56. The van der Waals surface area contributed by atoms with E-state index in [1.807, 2.05) is 7.05 Å². The van der Waals surface area contributed by atoms with Crippen LogP contribution in [0.5, 0.6) is 0 Å². The largest absolute Gasteiger partial charge is 0.341 e. The van der Waals surface area contributed by atoms with Gasteiger partial charge in [0.05, 0.1) is 5.54 Å². The van der Waals surface area contributed by atoms with Crippen molar-refractivity contribution in [2.75, 3.05) is 13.6 Å². The summed E-state index contributed by atoms with van der Waals surface area (Å²) < 4.78 is 0. The van der Waals surface area contributed by atoms with Crippen LogP contribution in [0.15, 0.2) is 0 Å². The highest BCUT2D eigenvalue weighted by atomic mass is 16.2. The molecule has 2 rings (SSSR count). The predicted octanol–water partition coefficient (Wildman–Crippen LogP) is 3.34. The average Bonchev–Trinajstić information content (AvgIpc) is 2.96. The number of rotatable bonds is 5. The van der Waals surface area contributed by atoms with Gasteiger partial charge in [0.15, 0.2) is 0 Å². The first-order valence-corrected chi connectivity index (χ1v) is 8.65. The first-order chi connectivity index (χ1) is 9.63. The van der Waals surface area contributed by atoms with Crippen LogP contribution >= 0.6 is 0 Å². The Bertz CT molecular complexity index is 315. The van der Waals surface area contributed by atoms with Gasteiger partial charge in [-0.15, -0.1) is 0 Å². The molecule has 0 bridgehead atoms. The molecule has 0 aromatic carbocycles. The maximum Gasteiger partial charge on any atom is 0.242 e. The van der Waals surface area contributed by atoms with Crippen molar-refractivity contribution < 1.29 is 4.79 Å². The van der Waals surface area contributed by atoms with Gasteiger partial charge in [0, 0.05) is 13.1 Å². The van der Waals surface area contributed by atoms with E-state index in [-0.39, 0.29) is 5.54 Å². The van der Waals surface area contributed by atoms with Gasteiger partial charge in [-0.25, -0.2) is 0 Å². The fourth-order valence-corrected chi connectivity index (χ4v) is 4.18. The molecule has 1 saturated heterocycles. The van der Waals surface area contributed by atoms with Crippen LogP contribution in [-0.2, 0) is 4.79 Å². The molecule has 1 amide bonds. The highest BCUT2D eigenvalue weighted by Gasteiger charge is 2.43. The Balaban J connectivity index is 1.97. The average molecular weight is 280 g/mol. The summed E-state index contributed by atoms with van der Waals surface area (Å²) in [4.78, 5) is 15.1. The molecule has 3 nitrogen and oxygen atoms in total. The van der Waals surface area contributed by atoms with E-state index in [1.54, 1.807) is 0 Å². The van der Waals surface area contributed by atoms with Gasteiger partial charge in [-0.1, -0.05) is 26.7 Å². The van der Waals surface area contributed by atoms with Gasteiger partial charge >= 0.3 is 0 Å². The zero-order valence-corrected chi connectivity index (χ0v) is 13.6. The lowest BCUT2D eigenvalue weighted by Gasteiger charge is -2.39. The van der Waals surface area contributed by atoms with Gasteiger partial charge in [0.1, 0.15) is 0 Å². The SMILES string of the molecule is CCCC1(C(=O)N(C)C2CCC(CC)CC2)CCCN1. The lowest BCUT2D eigenvalue weighted by atomic mass is 9.83. The second-order valence-electron chi connectivity index (χ2n) is 6.86. The number of hydrogen-bond acceptors (Lipinski definition) is 2. The molecule has 1 N–H and O–H groups in total. The van der Waals surface area contributed by atoms with Gasteiger partial charge in [0.2, 0.25) is 5.91 Å². The van der Waals surface area contributed by atoms with Crippen LogP contribution in [0.4, 0.5) is 0 Å². The van der Waals surface area contributed by atoms with E-state index < -0.39 is 0 Å². The summed E-state index contributed by atoms with van der Waals surface area (Å²) in [6.45, 7) is 5.47. The minimum Gasteiger partial charge on any atom is -0.341 e. The molecule has 3 heteroatoms. The third-order valence-corrected chi connectivity index (χ3v) is 5.59. The van der Waals surface area contributed by atoms with Crippen LogP contribution < -0.4 is 5.32 Å². The molecule has 1 atom stereocenters. The molecule has 20 heavy (non-hydrogen) atoms. The molecule has 0 aromatic rings. The molecule has 2 fully saturated rings. The Morgan fingerprint density at radius 3 is 2.45 bits per heavy atom. The summed E-state index contributed by atoms with van der Waals surface area (Å²) in [5, 5.41) is 3.52. The second-order valence-corrected chi connectivity index (χ2v) is 6.86. The lowest BCUT2D eigenvalue weighted by molar-refractivity contribution is -0.139. The first-order valence-electron chi connectivity index (χ1n) is 8.65. The Morgan fingerprint density at radius 1 is 1.25 bits per heavy atom. The van der Waals surface area contributed by atoms with Gasteiger partial charge in [-0.2, -0.15) is 0 Å². The molecule has 0 aromatic heterocycles. The highest BCUT2D eigenvalue weighted by molar-refractivity contribution is 5.86. The zero-order chi connectivity index (χ0) is 14.6. The number of carbonyl (C=O) groups excluding carboxylic acids is 1. The van der Waals surface area contributed by atoms with E-state index in [4.69, 9.17) is 0 Å². The number of likely N-dealkylation sites (N-methyl/N-ethyl adjacent to an activating group) is 1. The maximum absolute atomic E-state index is 13.0. The van der Waals surface area contributed by atoms with E-state index in [2.05, 4.69) is 24.1 Å². The van der Waals surface area contributed by atoms with Gasteiger partial charge < -0.3 is 10.2 Å². The summed E-state index contributed by atoms with van der Waals surface area (Å²) in [7, 11) is 2.04. The van der Waals surface area contributed by atoms with Crippen LogP contribution in [0.2, 0.25) is 0 Å². The maximum atomic E-state index is 13.0. The molecule has 1 aliphatic carbocycles. The minimum absolute atomic E-state index is 0.245. The molecule has 116 valence electrons. The normalized spacial score (nSPS) is 34.1. The van der Waals surface area contributed by atoms with Crippen molar-refractivity contribution >= 4 is 5.91 Å². The van der Waals surface area contributed by atoms with Crippen LogP contribution in [0.1, 0.15) is 71.6 Å². The first kappa shape index (κ1) is 15.8. The zero-order valence-electron chi connectivity index (χ0n) is 13.6. The molecule has 2 aliphatic rings. The van der Waals surface area contributed by atoms with Crippen molar-refractivity contribution in [1.29, 1.82) is 0 Å². The van der Waals surface area contributed by atoms with Crippen LogP contribution in [0, 0.1) is 5.92 Å². The number of carbonyl (C=O) groups is 1. The summed E-state index contributed by atoms with van der Waals surface area (Å²) in [5.41, 5.74) is -0.245. The number of amides is 1. The third-order valence-electron chi connectivity index (χ3n) is 5.59. The van der Waals surface area contributed by atoms with E-state index in [1.165, 1.54) is 32.1 Å². The van der Waals surface area contributed by atoms with Crippen LogP contribution in [-0.4, -0.2) is 36.0 Å². The standard InChI is InChI=1S/C17H32N2O/c1-4-11-17(12-6-13-18-17)16(20)19(3)15-9-7-14(5-2)8-10-15/h14-15,18H,4-13H2,1-3H3. The summed E-state index contributed by atoms with van der Waals surface area (Å²) in [5.74, 6) is 1.25. The van der Waals surface area contributed by atoms with Crippen LogP contribution in [0.3, 0.4) is 0 Å². The van der Waals surface area contributed by atoms with Crippen molar-refractivity contribution in [2.45, 2.75) is 83.2 Å². The molecule has 1 aliphatic heterocycles. The smallest absolute Gasteiger partial charge is 0.242 e.